The summed E-state index contributed by atoms with van der Waals surface area (Å²) < 4.78 is 41.5. The van der Waals surface area contributed by atoms with Crippen molar-refractivity contribution in [2.75, 3.05) is 6.54 Å². The minimum atomic E-state index is -3.40. The van der Waals surface area contributed by atoms with Gasteiger partial charge in [0.05, 0.1) is 13.0 Å². The second kappa shape index (κ2) is 7.40. The van der Waals surface area contributed by atoms with Gasteiger partial charge in [0.15, 0.2) is 0 Å². The van der Waals surface area contributed by atoms with Crippen LogP contribution in [0.5, 0.6) is 0 Å². The van der Waals surface area contributed by atoms with Gasteiger partial charge in [0.2, 0.25) is 0 Å². The fourth-order valence-corrected chi connectivity index (χ4v) is 1.94. The third kappa shape index (κ3) is 4.41. The molecule has 0 saturated heterocycles. The normalized spacial score (nSPS) is 13.5. The number of benzene rings is 1. The number of esters is 1. The minimum absolute atomic E-state index is 0.196. The molecule has 1 heterocycles. The molecule has 0 fully saturated rings. The summed E-state index contributed by atoms with van der Waals surface area (Å²) >= 11 is 3.25. The van der Waals surface area contributed by atoms with Crippen LogP contribution < -0.4 is 5.62 Å². The average Bonchev–Trinajstić information content (AvgIpc) is 2.49. The highest BCUT2D eigenvalue weighted by molar-refractivity contribution is 9.10. The van der Waals surface area contributed by atoms with E-state index in [2.05, 4.69) is 35.9 Å². The number of hydrogen-bond donors (Lipinski definition) is 1. The van der Waals surface area contributed by atoms with Crippen molar-refractivity contribution in [2.24, 2.45) is 4.99 Å². The molecule has 1 aromatic heterocycles. The standard InChI is InChI=1S/C12H10BrF3N4O3/c13-6-1-2-8-7(5-6)18-19-12(20(8)22)17-4-3-9(21)23-11(16)10(14)15/h1-2,5,10-11,22H,3-4H2. The first kappa shape index (κ1) is 17.2. The third-order valence-electron chi connectivity index (χ3n) is 2.61. The smallest absolute Gasteiger partial charge is 0.310 e. The zero-order valence-corrected chi connectivity index (χ0v) is 13.0. The molecule has 1 unspecified atom stereocenters. The van der Waals surface area contributed by atoms with Crippen molar-refractivity contribution < 1.29 is 27.9 Å². The van der Waals surface area contributed by atoms with E-state index in [1.165, 1.54) is 0 Å². The molecule has 11 heteroatoms. The summed E-state index contributed by atoms with van der Waals surface area (Å²) in [6.07, 6.45) is -6.82. The number of aromatic nitrogens is 3. The number of halogens is 4. The SMILES string of the molecule is O=C(CCN=c1nnc2cc(Br)ccc2n1O)OC(F)C(F)F. The molecule has 0 spiro atoms. The van der Waals surface area contributed by atoms with Crippen LogP contribution in [-0.2, 0) is 9.53 Å². The maximum Gasteiger partial charge on any atom is 0.310 e. The lowest BCUT2D eigenvalue weighted by Crippen LogP contribution is -2.25. The molecule has 0 amide bonds. The molecule has 1 aromatic carbocycles. The maximum absolute atomic E-state index is 12.5. The molecule has 0 radical (unpaired) electrons. The van der Waals surface area contributed by atoms with E-state index in [9.17, 15) is 23.2 Å². The number of nitrogens with zero attached hydrogens (tertiary/aromatic N) is 4. The highest BCUT2D eigenvalue weighted by Crippen LogP contribution is 2.15. The van der Waals surface area contributed by atoms with Crippen LogP contribution in [0.4, 0.5) is 13.2 Å². The van der Waals surface area contributed by atoms with Crippen molar-refractivity contribution in [2.45, 2.75) is 19.2 Å². The molecule has 2 rings (SSSR count). The first-order valence-electron chi connectivity index (χ1n) is 6.25. The molecule has 0 bridgehead atoms. The van der Waals surface area contributed by atoms with E-state index in [1.807, 2.05) is 0 Å². The summed E-state index contributed by atoms with van der Waals surface area (Å²) in [5.74, 6) is -1.18. The van der Waals surface area contributed by atoms with Crippen molar-refractivity contribution in [1.82, 2.24) is 14.9 Å². The van der Waals surface area contributed by atoms with Crippen LogP contribution in [0.1, 0.15) is 6.42 Å². The van der Waals surface area contributed by atoms with E-state index in [0.717, 1.165) is 4.47 Å². The number of carbonyl (C=O) groups excluding carboxylic acids is 1. The van der Waals surface area contributed by atoms with Crippen LogP contribution in [0.2, 0.25) is 0 Å². The zero-order chi connectivity index (χ0) is 17.0. The van der Waals surface area contributed by atoms with Crippen LogP contribution in [0.25, 0.3) is 11.0 Å². The zero-order valence-electron chi connectivity index (χ0n) is 11.4. The monoisotopic (exact) mass is 394 g/mol. The fourth-order valence-electron chi connectivity index (χ4n) is 1.59. The van der Waals surface area contributed by atoms with E-state index in [0.29, 0.717) is 15.8 Å². The van der Waals surface area contributed by atoms with Gasteiger partial charge in [-0.15, -0.1) is 14.9 Å². The Morgan fingerprint density at radius 1 is 1.39 bits per heavy atom. The number of ether oxygens (including phenoxy) is 1. The van der Waals surface area contributed by atoms with Crippen molar-refractivity contribution in [3.05, 3.63) is 28.3 Å². The molecule has 0 aliphatic carbocycles. The van der Waals surface area contributed by atoms with Crippen molar-refractivity contribution in [1.29, 1.82) is 0 Å². The summed E-state index contributed by atoms with van der Waals surface area (Å²) in [6, 6.07) is 4.86. The summed E-state index contributed by atoms with van der Waals surface area (Å²) in [6.45, 7) is -0.244. The molecule has 0 aliphatic heterocycles. The van der Waals surface area contributed by atoms with E-state index in [1.54, 1.807) is 18.2 Å². The lowest BCUT2D eigenvalue weighted by atomic mass is 10.3. The summed E-state index contributed by atoms with van der Waals surface area (Å²) in [4.78, 5) is 14.9. The summed E-state index contributed by atoms with van der Waals surface area (Å²) in [7, 11) is 0. The Hall–Kier alpha value is -2.17. The highest BCUT2D eigenvalue weighted by Gasteiger charge is 2.23. The molecule has 124 valence electrons. The highest BCUT2D eigenvalue weighted by atomic mass is 79.9. The lowest BCUT2D eigenvalue weighted by Gasteiger charge is -2.07. The Labute approximate surface area is 135 Å². The molecular formula is C12H10BrF3N4O3. The number of alkyl halides is 3. The van der Waals surface area contributed by atoms with E-state index >= 15 is 0 Å². The Morgan fingerprint density at radius 2 is 2.13 bits per heavy atom. The van der Waals surface area contributed by atoms with E-state index in [-0.39, 0.29) is 12.2 Å². The number of carbonyl (C=O) groups is 1. The van der Waals surface area contributed by atoms with Crippen LogP contribution in [0.3, 0.4) is 0 Å². The third-order valence-corrected chi connectivity index (χ3v) is 3.11. The Morgan fingerprint density at radius 3 is 2.83 bits per heavy atom. The number of rotatable bonds is 5. The van der Waals surface area contributed by atoms with Crippen LogP contribution >= 0.6 is 15.9 Å². The Balaban J connectivity index is 2.09. The van der Waals surface area contributed by atoms with E-state index < -0.39 is 25.2 Å². The maximum atomic E-state index is 12.5. The van der Waals surface area contributed by atoms with Gasteiger partial charge in [0.25, 0.3) is 5.62 Å². The molecular weight excluding hydrogens is 385 g/mol. The van der Waals surface area contributed by atoms with Gasteiger partial charge in [0.1, 0.15) is 11.0 Å². The Kier molecular flexibility index (Phi) is 5.53. The van der Waals surface area contributed by atoms with Gasteiger partial charge < -0.3 is 9.94 Å². The molecule has 0 aliphatic rings. The minimum Gasteiger partial charge on any atom is -0.425 e. The summed E-state index contributed by atoms with van der Waals surface area (Å²) in [5.41, 5.74) is 0.529. The molecule has 2 aromatic rings. The molecule has 1 atom stereocenters. The topological polar surface area (TPSA) is 89.6 Å². The van der Waals surface area contributed by atoms with Crippen molar-refractivity contribution >= 4 is 32.9 Å². The summed E-state index contributed by atoms with van der Waals surface area (Å²) in [5, 5.41) is 17.5. The van der Waals surface area contributed by atoms with Gasteiger partial charge in [0, 0.05) is 4.47 Å². The van der Waals surface area contributed by atoms with Gasteiger partial charge in [-0.05, 0) is 18.2 Å². The predicted octanol–water partition coefficient (Wildman–Crippen LogP) is 1.83. The van der Waals surface area contributed by atoms with Gasteiger partial charge in [-0.1, -0.05) is 15.9 Å². The van der Waals surface area contributed by atoms with Crippen molar-refractivity contribution in [3.63, 3.8) is 0 Å². The molecule has 1 N–H and O–H groups in total. The number of hydrogen-bond acceptors (Lipinski definition) is 6. The quantitative estimate of drug-likeness (QED) is 0.617. The van der Waals surface area contributed by atoms with Crippen LogP contribution in [0, 0.1) is 0 Å². The predicted molar refractivity (Wildman–Crippen MR) is 74.5 cm³/mol. The number of fused-ring (bicyclic) bond motifs is 1. The van der Waals surface area contributed by atoms with Gasteiger partial charge >= 0.3 is 18.8 Å². The Bertz CT molecular complexity index is 784. The first-order valence-corrected chi connectivity index (χ1v) is 7.04. The van der Waals surface area contributed by atoms with Crippen LogP contribution in [0.15, 0.2) is 27.7 Å². The fraction of sp³-hybridized carbons (Fsp3) is 0.333. The molecule has 23 heavy (non-hydrogen) atoms. The van der Waals surface area contributed by atoms with Crippen molar-refractivity contribution in [3.8, 4) is 0 Å². The van der Waals surface area contributed by atoms with E-state index in [4.69, 9.17) is 0 Å². The van der Waals surface area contributed by atoms with Crippen LogP contribution in [-0.4, -0.2) is 45.4 Å². The molecule has 7 nitrogen and oxygen atoms in total. The van der Waals surface area contributed by atoms with Gasteiger partial charge in [-0.3, -0.25) is 4.79 Å². The first-order chi connectivity index (χ1) is 10.9. The molecule has 0 saturated carbocycles. The average molecular weight is 395 g/mol. The second-order valence-corrected chi connectivity index (χ2v) is 5.17. The lowest BCUT2D eigenvalue weighted by molar-refractivity contribution is -0.173. The van der Waals surface area contributed by atoms with Gasteiger partial charge in [-0.25, -0.2) is 13.8 Å². The second-order valence-electron chi connectivity index (χ2n) is 4.25. The van der Waals surface area contributed by atoms with Gasteiger partial charge in [-0.2, -0.15) is 4.39 Å². The largest absolute Gasteiger partial charge is 0.425 e.